The van der Waals surface area contributed by atoms with Crippen LogP contribution in [-0.2, 0) is 14.8 Å². The summed E-state index contributed by atoms with van der Waals surface area (Å²) in [6, 6.07) is 2.63. The molecule has 2 heterocycles. The molecule has 0 atom stereocenters. The zero-order valence-electron chi connectivity index (χ0n) is 9.88. The Hall–Kier alpha value is -1.38. The van der Waals surface area contributed by atoms with E-state index >= 15 is 0 Å². The Morgan fingerprint density at radius 3 is 2.61 bits per heavy atom. The lowest BCUT2D eigenvalue weighted by Crippen LogP contribution is -2.40. The summed E-state index contributed by atoms with van der Waals surface area (Å²) in [7, 11) is -2.23. The van der Waals surface area contributed by atoms with E-state index in [0.29, 0.717) is 26.3 Å². The van der Waals surface area contributed by atoms with Gasteiger partial charge in [-0.3, -0.25) is 4.79 Å². The molecule has 1 aliphatic heterocycles. The van der Waals surface area contributed by atoms with Crippen LogP contribution in [0.2, 0.25) is 0 Å². The molecule has 100 valence electrons. The number of hydrogen-bond donors (Lipinski definition) is 1. The van der Waals surface area contributed by atoms with Crippen molar-refractivity contribution in [3.05, 3.63) is 17.9 Å². The normalized spacial score (nSPS) is 17.6. The van der Waals surface area contributed by atoms with Crippen LogP contribution in [-0.4, -0.2) is 52.0 Å². The number of nitrogens with one attached hydrogen (secondary N) is 1. The number of ether oxygens (including phenoxy) is 1. The summed E-state index contributed by atoms with van der Waals surface area (Å²) >= 11 is 0. The maximum atomic E-state index is 12.2. The van der Waals surface area contributed by atoms with E-state index in [1.165, 1.54) is 23.5 Å². The third-order valence-electron chi connectivity index (χ3n) is 2.60. The van der Waals surface area contributed by atoms with Gasteiger partial charge in [0, 0.05) is 20.1 Å². The van der Waals surface area contributed by atoms with Crippen molar-refractivity contribution < 1.29 is 22.4 Å². The van der Waals surface area contributed by atoms with Crippen molar-refractivity contribution in [3.63, 3.8) is 0 Å². The lowest BCUT2D eigenvalue weighted by atomic mass is 10.4. The molecule has 1 aromatic rings. The first-order chi connectivity index (χ1) is 8.55. The fourth-order valence-corrected chi connectivity index (χ4v) is 2.94. The van der Waals surface area contributed by atoms with Gasteiger partial charge in [-0.25, -0.2) is 8.42 Å². The van der Waals surface area contributed by atoms with E-state index in [9.17, 15) is 13.2 Å². The van der Waals surface area contributed by atoms with Gasteiger partial charge < -0.3 is 14.5 Å². The molecule has 1 aromatic heterocycles. The molecule has 18 heavy (non-hydrogen) atoms. The third kappa shape index (κ3) is 2.40. The Morgan fingerprint density at radius 1 is 1.33 bits per heavy atom. The van der Waals surface area contributed by atoms with Crippen LogP contribution in [0.25, 0.3) is 0 Å². The van der Waals surface area contributed by atoms with Crippen molar-refractivity contribution in [3.8, 4) is 0 Å². The van der Waals surface area contributed by atoms with Gasteiger partial charge in [-0.1, -0.05) is 0 Å². The van der Waals surface area contributed by atoms with Crippen LogP contribution in [0.4, 0.5) is 0 Å². The van der Waals surface area contributed by atoms with Gasteiger partial charge in [0.15, 0.2) is 5.76 Å². The van der Waals surface area contributed by atoms with Crippen LogP contribution in [0.15, 0.2) is 21.6 Å². The van der Waals surface area contributed by atoms with E-state index in [0.717, 1.165) is 0 Å². The molecule has 1 N–H and O–H groups in total. The molecule has 7 nitrogen and oxygen atoms in total. The maximum absolute atomic E-state index is 12.2. The second kappa shape index (κ2) is 5.09. The van der Waals surface area contributed by atoms with Crippen molar-refractivity contribution in [1.82, 2.24) is 9.62 Å². The highest BCUT2D eigenvalue weighted by Crippen LogP contribution is 2.19. The minimum absolute atomic E-state index is 0.0238. The molecule has 0 radical (unpaired) electrons. The summed E-state index contributed by atoms with van der Waals surface area (Å²) in [5.74, 6) is -0.484. The molecule has 1 saturated heterocycles. The molecule has 0 aliphatic carbocycles. The van der Waals surface area contributed by atoms with Crippen molar-refractivity contribution in [2.45, 2.75) is 5.09 Å². The van der Waals surface area contributed by atoms with E-state index in [-0.39, 0.29) is 10.9 Å². The second-order valence-corrected chi connectivity index (χ2v) is 5.58. The molecule has 8 heteroatoms. The zero-order valence-corrected chi connectivity index (χ0v) is 10.7. The molecule has 1 fully saturated rings. The van der Waals surface area contributed by atoms with Gasteiger partial charge in [0.25, 0.3) is 15.9 Å². The number of hydrogen-bond acceptors (Lipinski definition) is 5. The number of morpholine rings is 1. The first-order valence-electron chi connectivity index (χ1n) is 5.45. The molecule has 0 saturated carbocycles. The summed E-state index contributed by atoms with van der Waals surface area (Å²) in [5, 5.41) is 2.15. The standard InChI is InChI=1S/C10H14N2O5S/c1-11-10(13)8-2-3-9(17-8)18(14,15)12-4-6-16-7-5-12/h2-3H,4-7H2,1H3,(H,11,13). The third-order valence-corrected chi connectivity index (χ3v) is 4.37. The highest BCUT2D eigenvalue weighted by molar-refractivity contribution is 7.89. The van der Waals surface area contributed by atoms with Crippen LogP contribution >= 0.6 is 0 Å². The molecular formula is C10H14N2O5S. The van der Waals surface area contributed by atoms with Crippen LogP contribution in [0.3, 0.4) is 0 Å². The Balaban J connectivity index is 2.24. The van der Waals surface area contributed by atoms with Gasteiger partial charge in [-0.2, -0.15) is 4.31 Å². The fourth-order valence-electron chi connectivity index (χ4n) is 1.62. The Labute approximate surface area is 105 Å². The van der Waals surface area contributed by atoms with Crippen molar-refractivity contribution in [2.24, 2.45) is 0 Å². The van der Waals surface area contributed by atoms with E-state index < -0.39 is 15.9 Å². The number of rotatable bonds is 3. The van der Waals surface area contributed by atoms with Crippen LogP contribution in [0.1, 0.15) is 10.6 Å². The Kier molecular flexibility index (Phi) is 3.69. The molecule has 0 aromatic carbocycles. The first kappa shape index (κ1) is 13.1. The summed E-state index contributed by atoms with van der Waals surface area (Å²) in [4.78, 5) is 11.3. The quantitative estimate of drug-likeness (QED) is 0.814. The lowest BCUT2D eigenvalue weighted by molar-refractivity contribution is 0.0722. The largest absolute Gasteiger partial charge is 0.438 e. The SMILES string of the molecule is CNC(=O)c1ccc(S(=O)(=O)N2CCOCC2)o1. The van der Waals surface area contributed by atoms with Gasteiger partial charge in [0.1, 0.15) is 0 Å². The topological polar surface area (TPSA) is 88.9 Å². The molecule has 1 amide bonds. The van der Waals surface area contributed by atoms with Crippen LogP contribution in [0.5, 0.6) is 0 Å². The molecule has 0 bridgehead atoms. The van der Waals surface area contributed by atoms with E-state index in [1.807, 2.05) is 0 Å². The molecule has 2 rings (SSSR count). The summed E-state index contributed by atoms with van der Waals surface area (Å²) in [6.45, 7) is 1.31. The van der Waals surface area contributed by atoms with Crippen molar-refractivity contribution >= 4 is 15.9 Å². The van der Waals surface area contributed by atoms with Gasteiger partial charge in [0.05, 0.1) is 13.2 Å². The predicted molar refractivity (Wildman–Crippen MR) is 61.7 cm³/mol. The summed E-state index contributed by atoms with van der Waals surface area (Å²) in [5.41, 5.74) is 0. The number of carbonyl (C=O) groups excluding carboxylic acids is 1. The average molecular weight is 274 g/mol. The highest BCUT2D eigenvalue weighted by Gasteiger charge is 2.29. The Bertz CT molecular complexity index is 530. The summed E-state index contributed by atoms with van der Waals surface area (Å²) < 4.78 is 35.8. The zero-order chi connectivity index (χ0) is 13.2. The predicted octanol–water partition coefficient (Wildman–Crippen LogP) is -0.340. The number of nitrogens with zero attached hydrogens (tertiary/aromatic N) is 1. The number of amides is 1. The van der Waals surface area contributed by atoms with Gasteiger partial charge >= 0.3 is 0 Å². The van der Waals surface area contributed by atoms with Gasteiger partial charge in [-0.15, -0.1) is 0 Å². The maximum Gasteiger partial charge on any atom is 0.286 e. The Morgan fingerprint density at radius 2 is 2.00 bits per heavy atom. The summed E-state index contributed by atoms with van der Waals surface area (Å²) in [6.07, 6.45) is 0. The monoisotopic (exact) mass is 274 g/mol. The molecule has 0 spiro atoms. The van der Waals surface area contributed by atoms with E-state index in [1.54, 1.807) is 0 Å². The molecular weight excluding hydrogens is 260 g/mol. The second-order valence-electron chi connectivity index (χ2n) is 3.71. The molecule has 1 aliphatic rings. The van der Waals surface area contributed by atoms with Gasteiger partial charge in [0.2, 0.25) is 5.09 Å². The van der Waals surface area contributed by atoms with E-state index in [4.69, 9.17) is 9.15 Å². The minimum Gasteiger partial charge on any atom is -0.438 e. The number of furan rings is 1. The van der Waals surface area contributed by atoms with Crippen molar-refractivity contribution in [1.29, 1.82) is 0 Å². The van der Waals surface area contributed by atoms with E-state index in [2.05, 4.69) is 5.32 Å². The fraction of sp³-hybridized carbons (Fsp3) is 0.500. The first-order valence-corrected chi connectivity index (χ1v) is 6.89. The van der Waals surface area contributed by atoms with Crippen LogP contribution < -0.4 is 5.32 Å². The van der Waals surface area contributed by atoms with Crippen molar-refractivity contribution in [2.75, 3.05) is 33.4 Å². The number of carbonyl (C=O) groups is 1. The van der Waals surface area contributed by atoms with Crippen LogP contribution in [0, 0.1) is 0 Å². The molecule has 0 unspecified atom stereocenters. The number of sulfonamides is 1. The minimum atomic E-state index is -3.68. The smallest absolute Gasteiger partial charge is 0.286 e. The highest BCUT2D eigenvalue weighted by atomic mass is 32.2. The lowest BCUT2D eigenvalue weighted by Gasteiger charge is -2.24. The van der Waals surface area contributed by atoms with Gasteiger partial charge in [-0.05, 0) is 12.1 Å². The average Bonchev–Trinajstić information content (AvgIpc) is 2.89.